The smallest absolute Gasteiger partial charge is 0.260 e. The van der Waals surface area contributed by atoms with E-state index >= 15 is 0 Å². The maximum Gasteiger partial charge on any atom is 0.260 e. The van der Waals surface area contributed by atoms with Crippen molar-refractivity contribution in [1.29, 1.82) is 0 Å². The zero-order valence-corrected chi connectivity index (χ0v) is 14.9. The van der Waals surface area contributed by atoms with Crippen LogP contribution in [0.5, 0.6) is 5.75 Å². The summed E-state index contributed by atoms with van der Waals surface area (Å²) in [4.78, 5) is 33.4. The maximum absolute atomic E-state index is 12.5. The van der Waals surface area contributed by atoms with Crippen LogP contribution in [0.25, 0.3) is 10.9 Å². The molecule has 2 aromatic carbocycles. The van der Waals surface area contributed by atoms with E-state index in [0.717, 1.165) is 5.56 Å². The highest BCUT2D eigenvalue weighted by atomic mass is 16.5. The number of carbonyl (C=O) groups is 1. The number of hydrogen-bond acceptors (Lipinski definition) is 4. The molecule has 6 nitrogen and oxygen atoms in total. The van der Waals surface area contributed by atoms with E-state index in [1.165, 1.54) is 0 Å². The number of nitrogens with one attached hydrogen (secondary N) is 1. The minimum absolute atomic E-state index is 0.0604. The molecule has 1 N–H and O–H groups in total. The summed E-state index contributed by atoms with van der Waals surface area (Å²) >= 11 is 0. The highest BCUT2D eigenvalue weighted by Gasteiger charge is 2.15. The number of fused-ring (bicyclic) bond motifs is 1. The molecule has 0 fully saturated rings. The van der Waals surface area contributed by atoms with Crippen molar-refractivity contribution >= 4 is 16.8 Å². The summed E-state index contributed by atoms with van der Waals surface area (Å²) in [5, 5.41) is 0.536. The fourth-order valence-corrected chi connectivity index (χ4v) is 2.71. The lowest BCUT2D eigenvalue weighted by Crippen LogP contribution is -2.35. The molecule has 1 aromatic heterocycles. The van der Waals surface area contributed by atoms with E-state index in [2.05, 4.69) is 9.97 Å². The highest BCUT2D eigenvalue weighted by molar-refractivity contribution is 5.78. The van der Waals surface area contributed by atoms with Gasteiger partial charge in [-0.05, 0) is 43.7 Å². The lowest BCUT2D eigenvalue weighted by molar-refractivity contribution is -0.133. The Morgan fingerprint density at radius 3 is 2.77 bits per heavy atom. The lowest BCUT2D eigenvalue weighted by atomic mass is 10.2. The van der Waals surface area contributed by atoms with Crippen molar-refractivity contribution in [2.75, 3.05) is 13.2 Å². The summed E-state index contributed by atoms with van der Waals surface area (Å²) in [5.74, 6) is 0.955. The van der Waals surface area contributed by atoms with E-state index in [0.29, 0.717) is 29.0 Å². The van der Waals surface area contributed by atoms with Gasteiger partial charge in [-0.15, -0.1) is 0 Å². The van der Waals surface area contributed by atoms with Gasteiger partial charge in [-0.1, -0.05) is 24.3 Å². The monoisotopic (exact) mass is 351 g/mol. The molecular weight excluding hydrogens is 330 g/mol. The topological polar surface area (TPSA) is 75.3 Å². The lowest BCUT2D eigenvalue weighted by Gasteiger charge is -2.20. The number of carbonyl (C=O) groups excluding carboxylic acids is 1. The normalized spacial score (nSPS) is 10.7. The van der Waals surface area contributed by atoms with Gasteiger partial charge in [0.05, 0.1) is 17.4 Å². The molecule has 0 spiro atoms. The summed E-state index contributed by atoms with van der Waals surface area (Å²) in [6, 6.07) is 14.7. The number of benzene rings is 2. The second-order valence-corrected chi connectivity index (χ2v) is 6.04. The van der Waals surface area contributed by atoms with E-state index in [1.807, 2.05) is 44.2 Å². The molecule has 0 radical (unpaired) electrons. The second-order valence-electron chi connectivity index (χ2n) is 6.04. The van der Waals surface area contributed by atoms with Gasteiger partial charge in [0, 0.05) is 6.54 Å². The maximum atomic E-state index is 12.5. The van der Waals surface area contributed by atoms with Crippen molar-refractivity contribution in [1.82, 2.24) is 14.9 Å². The van der Waals surface area contributed by atoms with Gasteiger partial charge in [0.2, 0.25) is 0 Å². The summed E-state index contributed by atoms with van der Waals surface area (Å²) in [6.45, 7) is 4.51. The first kappa shape index (κ1) is 17.7. The summed E-state index contributed by atoms with van der Waals surface area (Å²) in [6.07, 6.45) is 0. The van der Waals surface area contributed by atoms with Gasteiger partial charge in [-0.3, -0.25) is 9.59 Å². The fourth-order valence-electron chi connectivity index (χ4n) is 2.71. The van der Waals surface area contributed by atoms with Crippen LogP contribution in [0.15, 0.2) is 53.3 Å². The number of hydrogen-bond donors (Lipinski definition) is 1. The molecule has 3 rings (SSSR count). The molecule has 1 amide bonds. The molecule has 0 bridgehead atoms. The number of aryl methyl sites for hydroxylation is 1. The number of para-hydroxylation sites is 1. The molecule has 0 saturated heterocycles. The molecule has 0 unspecified atom stereocenters. The molecule has 1 heterocycles. The van der Waals surface area contributed by atoms with Crippen LogP contribution in [0, 0.1) is 6.92 Å². The van der Waals surface area contributed by atoms with Crippen LogP contribution in [0.1, 0.15) is 18.3 Å². The third-order valence-corrected chi connectivity index (χ3v) is 4.09. The predicted octanol–water partition coefficient (Wildman–Crippen LogP) is 2.66. The first-order valence-corrected chi connectivity index (χ1v) is 8.52. The van der Waals surface area contributed by atoms with Crippen LogP contribution in [0.4, 0.5) is 0 Å². The number of aromatic nitrogens is 2. The number of likely N-dealkylation sites (N-methyl/N-ethyl adjacent to an activating group) is 1. The Balaban J connectivity index is 1.70. The van der Waals surface area contributed by atoms with Gasteiger partial charge >= 0.3 is 0 Å². The minimum atomic E-state index is -0.204. The third kappa shape index (κ3) is 4.08. The Morgan fingerprint density at radius 1 is 1.19 bits per heavy atom. The average Bonchev–Trinajstić information content (AvgIpc) is 2.64. The largest absolute Gasteiger partial charge is 0.484 e. The number of amides is 1. The predicted molar refractivity (Wildman–Crippen MR) is 100 cm³/mol. The number of ether oxygens (including phenoxy) is 1. The summed E-state index contributed by atoms with van der Waals surface area (Å²) in [5.41, 5.74) is 1.48. The molecule has 26 heavy (non-hydrogen) atoms. The molecule has 0 aliphatic carbocycles. The van der Waals surface area contributed by atoms with Crippen molar-refractivity contribution in [3.05, 3.63) is 70.3 Å². The van der Waals surface area contributed by atoms with E-state index in [4.69, 9.17) is 4.74 Å². The Labute approximate surface area is 151 Å². The van der Waals surface area contributed by atoms with Gasteiger partial charge in [0.25, 0.3) is 11.5 Å². The number of aromatic amines is 1. The zero-order valence-electron chi connectivity index (χ0n) is 14.9. The van der Waals surface area contributed by atoms with Gasteiger partial charge in [0.1, 0.15) is 11.6 Å². The van der Waals surface area contributed by atoms with E-state index in [-0.39, 0.29) is 24.6 Å². The van der Waals surface area contributed by atoms with Crippen molar-refractivity contribution in [2.45, 2.75) is 20.4 Å². The number of nitrogens with zero attached hydrogens (tertiary/aromatic N) is 2. The Bertz CT molecular complexity index is 981. The van der Waals surface area contributed by atoms with Crippen LogP contribution in [-0.2, 0) is 11.3 Å². The quantitative estimate of drug-likeness (QED) is 0.741. The van der Waals surface area contributed by atoms with Crippen molar-refractivity contribution in [3.63, 3.8) is 0 Å². The SMILES string of the molecule is CCN(Cc1nc2ccccc2c(=O)[nH]1)C(=O)COc1cccc(C)c1. The Hall–Kier alpha value is -3.15. The van der Waals surface area contributed by atoms with Gasteiger partial charge < -0.3 is 14.6 Å². The minimum Gasteiger partial charge on any atom is -0.484 e. The molecule has 0 aliphatic heterocycles. The standard InChI is InChI=1S/C20H21N3O3/c1-3-23(19(24)13-26-15-8-6-7-14(2)11-15)12-18-21-17-10-5-4-9-16(17)20(25)22-18/h4-11H,3,12-13H2,1-2H3,(H,21,22,25). The summed E-state index contributed by atoms with van der Waals surface area (Å²) < 4.78 is 5.58. The molecule has 3 aromatic rings. The highest BCUT2D eigenvalue weighted by Crippen LogP contribution is 2.13. The Kier molecular flexibility index (Phi) is 5.31. The van der Waals surface area contributed by atoms with Crippen LogP contribution in [0.3, 0.4) is 0 Å². The second kappa shape index (κ2) is 7.82. The molecule has 0 aliphatic rings. The molecule has 134 valence electrons. The molecule has 6 heteroatoms. The fraction of sp³-hybridized carbons (Fsp3) is 0.250. The summed E-state index contributed by atoms with van der Waals surface area (Å²) in [7, 11) is 0. The molecule has 0 saturated carbocycles. The van der Waals surface area contributed by atoms with Crippen LogP contribution < -0.4 is 10.3 Å². The molecular formula is C20H21N3O3. The molecule has 0 atom stereocenters. The van der Waals surface area contributed by atoms with Crippen molar-refractivity contribution < 1.29 is 9.53 Å². The number of rotatable bonds is 6. The van der Waals surface area contributed by atoms with Crippen LogP contribution >= 0.6 is 0 Å². The van der Waals surface area contributed by atoms with Crippen LogP contribution in [0.2, 0.25) is 0 Å². The van der Waals surface area contributed by atoms with E-state index in [1.54, 1.807) is 23.1 Å². The van der Waals surface area contributed by atoms with Crippen molar-refractivity contribution in [3.8, 4) is 5.75 Å². The zero-order chi connectivity index (χ0) is 18.5. The van der Waals surface area contributed by atoms with Gasteiger partial charge in [0.15, 0.2) is 6.61 Å². The van der Waals surface area contributed by atoms with Crippen molar-refractivity contribution in [2.24, 2.45) is 0 Å². The Morgan fingerprint density at radius 2 is 2.00 bits per heavy atom. The first-order chi connectivity index (χ1) is 12.6. The van der Waals surface area contributed by atoms with E-state index < -0.39 is 0 Å². The average molecular weight is 351 g/mol. The first-order valence-electron chi connectivity index (χ1n) is 8.52. The number of H-pyrrole nitrogens is 1. The van der Waals surface area contributed by atoms with Gasteiger partial charge in [-0.2, -0.15) is 0 Å². The van der Waals surface area contributed by atoms with Crippen LogP contribution in [-0.4, -0.2) is 33.9 Å². The third-order valence-electron chi connectivity index (χ3n) is 4.09. The van der Waals surface area contributed by atoms with Gasteiger partial charge in [-0.25, -0.2) is 4.98 Å². The van der Waals surface area contributed by atoms with E-state index in [9.17, 15) is 9.59 Å².